The summed E-state index contributed by atoms with van der Waals surface area (Å²) in [4.78, 5) is 46.5. The summed E-state index contributed by atoms with van der Waals surface area (Å²) in [6, 6.07) is 6.71. The van der Waals surface area contributed by atoms with Gasteiger partial charge in [0, 0.05) is 5.56 Å². The summed E-state index contributed by atoms with van der Waals surface area (Å²) in [5.74, 6) is 0.561. The van der Waals surface area contributed by atoms with Crippen LogP contribution < -0.4 is 4.74 Å². The third kappa shape index (κ3) is 8.59. The highest BCUT2D eigenvalue weighted by Gasteiger charge is 2.52. The van der Waals surface area contributed by atoms with Crippen LogP contribution in [0.15, 0.2) is 24.3 Å². The third-order valence-corrected chi connectivity index (χ3v) is 6.47. The lowest BCUT2D eigenvalue weighted by molar-refractivity contribution is -0.0129. The van der Waals surface area contributed by atoms with Crippen LogP contribution >= 0.6 is 16.0 Å². The van der Waals surface area contributed by atoms with Gasteiger partial charge in [-0.05, 0) is 12.1 Å². The van der Waals surface area contributed by atoms with Crippen molar-refractivity contribution in [3.05, 3.63) is 29.8 Å². The molecule has 0 aliphatic rings. The van der Waals surface area contributed by atoms with E-state index in [0.717, 1.165) is 6.29 Å². The maximum absolute atomic E-state index is 11.1. The lowest BCUT2D eigenvalue weighted by atomic mass is 10.2. The summed E-state index contributed by atoms with van der Waals surface area (Å²) >= 11 is 0. The van der Waals surface area contributed by atoms with Gasteiger partial charge in [0.15, 0.2) is 0 Å². The van der Waals surface area contributed by atoms with E-state index in [1.54, 1.807) is 24.3 Å². The van der Waals surface area contributed by atoms with Crippen molar-refractivity contribution in [3.8, 4) is 5.75 Å². The zero-order valence-corrected chi connectivity index (χ0v) is 16.7. The average molecular weight is 442 g/mol. The van der Waals surface area contributed by atoms with Crippen molar-refractivity contribution >= 4 is 22.3 Å². The van der Waals surface area contributed by atoms with Gasteiger partial charge >= 0.3 is 7.60 Å². The van der Waals surface area contributed by atoms with E-state index in [1.165, 1.54) is 0 Å². The molecule has 0 aliphatic carbocycles. The molecule has 0 amide bonds. The highest BCUT2D eigenvalue weighted by molar-refractivity contribution is 7.69. The first kappa shape index (κ1) is 25.1. The predicted octanol–water partition coefficient (Wildman–Crippen LogP) is 0.0480. The standard InChI is InChI=1S/C15H24O11P2/c16-11-13-2-1-3-14(10-13)26-9-8-24-5-4-23-6-7-25-12-15(17,27(18)19)28(20,21)22/h1-3,10-11,17-19H,4-9,12H2,(H2,20,21,22). The van der Waals surface area contributed by atoms with E-state index in [0.29, 0.717) is 17.9 Å². The first-order chi connectivity index (χ1) is 13.2. The Labute approximate surface area is 162 Å². The molecule has 0 saturated carbocycles. The van der Waals surface area contributed by atoms with Crippen molar-refractivity contribution < 1.29 is 53.0 Å². The molecule has 0 bridgehead atoms. The summed E-state index contributed by atoms with van der Waals surface area (Å²) in [5.41, 5.74) is 0.517. The smallest absolute Gasteiger partial charge is 0.368 e. The van der Waals surface area contributed by atoms with Gasteiger partial charge in [-0.3, -0.25) is 9.36 Å². The van der Waals surface area contributed by atoms with Crippen molar-refractivity contribution in [1.29, 1.82) is 0 Å². The van der Waals surface area contributed by atoms with Gasteiger partial charge < -0.3 is 43.6 Å². The monoisotopic (exact) mass is 442 g/mol. The maximum Gasteiger partial charge on any atom is 0.368 e. The van der Waals surface area contributed by atoms with E-state index >= 15 is 0 Å². The van der Waals surface area contributed by atoms with E-state index in [1.807, 2.05) is 0 Å². The van der Waals surface area contributed by atoms with Gasteiger partial charge in [0.2, 0.25) is 8.38 Å². The first-order valence-corrected chi connectivity index (χ1v) is 10.9. The normalized spacial score (nSPS) is 14.1. The van der Waals surface area contributed by atoms with Crippen molar-refractivity contribution in [3.63, 3.8) is 0 Å². The van der Waals surface area contributed by atoms with E-state index in [4.69, 9.17) is 38.5 Å². The lowest BCUT2D eigenvalue weighted by Gasteiger charge is -2.28. The van der Waals surface area contributed by atoms with Gasteiger partial charge in [-0.2, -0.15) is 0 Å². The minimum atomic E-state index is -5.18. The van der Waals surface area contributed by atoms with E-state index in [9.17, 15) is 14.5 Å². The second-order valence-electron chi connectivity index (χ2n) is 5.42. The topological polar surface area (TPSA) is 172 Å². The molecule has 0 aliphatic heterocycles. The molecular formula is C15H24O11P2. The van der Waals surface area contributed by atoms with Gasteiger partial charge in [0.1, 0.15) is 18.6 Å². The third-order valence-electron chi connectivity index (χ3n) is 3.32. The lowest BCUT2D eigenvalue weighted by Crippen LogP contribution is -2.33. The summed E-state index contributed by atoms with van der Waals surface area (Å²) in [6.45, 7) is 0.0570. The Morgan fingerprint density at radius 2 is 1.57 bits per heavy atom. The van der Waals surface area contributed by atoms with Gasteiger partial charge in [-0.15, -0.1) is 0 Å². The Kier molecular flexibility index (Phi) is 11.2. The molecule has 0 aromatic heterocycles. The minimum Gasteiger partial charge on any atom is -0.491 e. The summed E-state index contributed by atoms with van der Waals surface area (Å²) in [7, 11) is -8.49. The van der Waals surface area contributed by atoms with Gasteiger partial charge in [-0.1, -0.05) is 12.1 Å². The number of ether oxygens (including phenoxy) is 4. The van der Waals surface area contributed by atoms with Gasteiger partial charge in [-0.25, -0.2) is 0 Å². The Morgan fingerprint density at radius 1 is 1.00 bits per heavy atom. The van der Waals surface area contributed by atoms with Crippen LogP contribution in [-0.4, -0.2) is 82.3 Å². The number of aldehydes is 1. The van der Waals surface area contributed by atoms with E-state index < -0.39 is 27.7 Å². The van der Waals surface area contributed by atoms with Crippen LogP contribution in [0.4, 0.5) is 0 Å². The fraction of sp³-hybridized carbons (Fsp3) is 0.533. The van der Waals surface area contributed by atoms with Crippen LogP contribution in [0.5, 0.6) is 5.75 Å². The Hall–Kier alpha value is -0.970. The number of benzene rings is 1. The van der Waals surface area contributed by atoms with Crippen LogP contribution in [0.1, 0.15) is 10.4 Å². The highest BCUT2D eigenvalue weighted by Crippen LogP contribution is 2.62. The summed E-state index contributed by atoms with van der Waals surface area (Å²) in [6.07, 6.45) is 0.726. The zero-order valence-electron chi connectivity index (χ0n) is 14.9. The van der Waals surface area contributed by atoms with Gasteiger partial charge in [0.25, 0.3) is 5.08 Å². The second-order valence-corrected chi connectivity index (χ2v) is 8.92. The van der Waals surface area contributed by atoms with Crippen molar-refractivity contribution in [2.45, 2.75) is 5.08 Å². The molecule has 1 unspecified atom stereocenters. The minimum absolute atomic E-state index is 0.0460. The fourth-order valence-corrected chi connectivity index (χ4v) is 3.20. The van der Waals surface area contributed by atoms with Crippen LogP contribution in [0.3, 0.4) is 0 Å². The Bertz CT molecular complexity index is 636. The van der Waals surface area contributed by atoms with E-state index in [-0.39, 0.29) is 33.0 Å². The van der Waals surface area contributed by atoms with Crippen molar-refractivity contribution in [2.24, 2.45) is 0 Å². The SMILES string of the molecule is O=Cc1cccc(OCCOCCOCCOCC(O)(P(O)O)P(=O)(O)O)c1. The number of hydrogen-bond donors (Lipinski definition) is 5. The molecule has 11 nitrogen and oxygen atoms in total. The number of carbonyl (C=O) groups is 1. The molecule has 1 rings (SSSR count). The first-order valence-electron chi connectivity index (χ1n) is 8.08. The number of hydrogen-bond acceptors (Lipinski definition) is 9. The van der Waals surface area contributed by atoms with Crippen molar-refractivity contribution in [1.82, 2.24) is 0 Å². The molecule has 1 aromatic carbocycles. The van der Waals surface area contributed by atoms with Crippen LogP contribution in [0.25, 0.3) is 0 Å². The molecule has 28 heavy (non-hydrogen) atoms. The molecule has 1 atom stereocenters. The molecule has 0 radical (unpaired) electrons. The zero-order chi connectivity index (χ0) is 21.0. The van der Waals surface area contributed by atoms with Crippen LogP contribution in [-0.2, 0) is 18.8 Å². The molecule has 0 spiro atoms. The molecule has 13 heteroatoms. The quantitative estimate of drug-likeness (QED) is 0.141. The van der Waals surface area contributed by atoms with Crippen LogP contribution in [0.2, 0.25) is 0 Å². The largest absolute Gasteiger partial charge is 0.491 e. The average Bonchev–Trinajstić information content (AvgIpc) is 2.64. The molecule has 160 valence electrons. The number of rotatable bonds is 15. The van der Waals surface area contributed by atoms with E-state index in [2.05, 4.69) is 0 Å². The van der Waals surface area contributed by atoms with Crippen LogP contribution in [0, 0.1) is 0 Å². The predicted molar refractivity (Wildman–Crippen MR) is 98.1 cm³/mol. The summed E-state index contributed by atoms with van der Waals surface area (Å²) < 4.78 is 31.8. The Morgan fingerprint density at radius 3 is 2.11 bits per heavy atom. The molecule has 1 aromatic rings. The van der Waals surface area contributed by atoms with Gasteiger partial charge in [0.05, 0.1) is 39.6 Å². The summed E-state index contributed by atoms with van der Waals surface area (Å²) in [5, 5.41) is 6.58. The number of aliphatic hydroxyl groups is 1. The maximum atomic E-state index is 11.1. The Balaban J connectivity index is 2.04. The highest BCUT2D eigenvalue weighted by atomic mass is 31.2. The number of carbonyl (C=O) groups excluding carboxylic acids is 1. The molecular weight excluding hydrogens is 418 g/mol. The molecule has 0 saturated heterocycles. The second kappa shape index (κ2) is 12.6. The molecule has 0 fully saturated rings. The van der Waals surface area contributed by atoms with Crippen molar-refractivity contribution in [2.75, 3.05) is 46.2 Å². The molecule has 0 heterocycles. The fourth-order valence-electron chi connectivity index (χ4n) is 1.80. The molecule has 5 N–H and O–H groups in total.